The van der Waals surface area contributed by atoms with Crippen LogP contribution in [0.15, 0.2) is 35.1 Å². The van der Waals surface area contributed by atoms with Crippen molar-refractivity contribution in [3.63, 3.8) is 0 Å². The largest absolute Gasteiger partial charge is 0.427 e. The highest BCUT2D eigenvalue weighted by Gasteiger charge is 2.37. The second kappa shape index (κ2) is 4.03. The zero-order valence-corrected chi connectivity index (χ0v) is 9.38. The second-order valence-electron chi connectivity index (χ2n) is 3.02. The topological polar surface area (TPSA) is 17.1 Å². The average molecular weight is 262 g/mol. The summed E-state index contributed by atoms with van der Waals surface area (Å²) in [6, 6.07) is 7.92. The monoisotopic (exact) mass is 262 g/mol. The van der Waals surface area contributed by atoms with Gasteiger partial charge >= 0.3 is 6.18 Å². The van der Waals surface area contributed by atoms with E-state index < -0.39 is 15.8 Å². The SMILES string of the molecule is O=c1ssc(C(F)(F)F)c1-c1ccccc1. The molecular formula is C10H5F3OS2. The summed E-state index contributed by atoms with van der Waals surface area (Å²) >= 11 is 0. The molecule has 1 aromatic carbocycles. The van der Waals surface area contributed by atoms with Crippen LogP contribution < -0.4 is 4.74 Å². The second-order valence-corrected chi connectivity index (χ2v) is 5.13. The molecule has 0 N–H and O–H groups in total. The summed E-state index contributed by atoms with van der Waals surface area (Å²) in [6.07, 6.45) is -4.46. The highest BCUT2D eigenvalue weighted by atomic mass is 32.9. The predicted molar refractivity (Wildman–Crippen MR) is 58.9 cm³/mol. The van der Waals surface area contributed by atoms with E-state index in [0.717, 1.165) is 0 Å². The van der Waals surface area contributed by atoms with Crippen molar-refractivity contribution in [2.75, 3.05) is 0 Å². The number of rotatable bonds is 1. The quantitative estimate of drug-likeness (QED) is 0.713. The van der Waals surface area contributed by atoms with Crippen molar-refractivity contribution in [1.29, 1.82) is 0 Å². The van der Waals surface area contributed by atoms with Gasteiger partial charge < -0.3 is 0 Å². The molecule has 2 aromatic rings. The molecule has 0 aliphatic heterocycles. The molecule has 0 radical (unpaired) electrons. The third-order valence-electron chi connectivity index (χ3n) is 1.95. The minimum atomic E-state index is -4.46. The molecule has 0 amide bonds. The van der Waals surface area contributed by atoms with Crippen LogP contribution >= 0.6 is 20.7 Å². The summed E-state index contributed by atoms with van der Waals surface area (Å²) in [5.41, 5.74) is 0.0837. The number of hydrogen-bond donors (Lipinski definition) is 0. The minimum Gasteiger partial charge on any atom is -0.276 e. The zero-order valence-electron chi connectivity index (χ0n) is 7.75. The Balaban J connectivity index is 2.66. The van der Waals surface area contributed by atoms with E-state index in [-0.39, 0.29) is 5.56 Å². The van der Waals surface area contributed by atoms with Gasteiger partial charge in [-0.2, -0.15) is 13.2 Å². The number of benzene rings is 1. The molecule has 0 atom stereocenters. The summed E-state index contributed by atoms with van der Waals surface area (Å²) in [6.45, 7) is 0. The lowest BCUT2D eigenvalue weighted by Gasteiger charge is -2.05. The van der Waals surface area contributed by atoms with Gasteiger partial charge in [0.15, 0.2) is 0 Å². The molecule has 0 saturated heterocycles. The summed E-state index contributed by atoms with van der Waals surface area (Å²) in [5, 5.41) is 0. The Hall–Kier alpha value is -1.14. The molecule has 0 aliphatic carbocycles. The Morgan fingerprint density at radius 1 is 1.00 bits per heavy atom. The third kappa shape index (κ3) is 2.03. The highest BCUT2D eigenvalue weighted by Crippen LogP contribution is 2.39. The Kier molecular flexibility index (Phi) is 2.86. The van der Waals surface area contributed by atoms with Crippen LogP contribution in [0.5, 0.6) is 0 Å². The van der Waals surface area contributed by atoms with Gasteiger partial charge in [-0.05, 0) is 15.9 Å². The molecule has 6 heteroatoms. The van der Waals surface area contributed by atoms with Crippen molar-refractivity contribution < 1.29 is 13.2 Å². The van der Waals surface area contributed by atoms with Crippen LogP contribution in [-0.4, -0.2) is 0 Å². The van der Waals surface area contributed by atoms with Gasteiger partial charge in [0.25, 0.3) is 4.74 Å². The zero-order chi connectivity index (χ0) is 11.8. The lowest BCUT2D eigenvalue weighted by atomic mass is 10.1. The number of alkyl halides is 3. The first-order chi connectivity index (χ1) is 7.50. The van der Waals surface area contributed by atoms with Crippen molar-refractivity contribution in [2.24, 2.45) is 0 Å². The fourth-order valence-corrected chi connectivity index (χ4v) is 3.47. The van der Waals surface area contributed by atoms with Crippen LogP contribution in [0.4, 0.5) is 13.2 Å². The lowest BCUT2D eigenvalue weighted by Crippen LogP contribution is -2.07. The predicted octanol–water partition coefficient (Wildman–Crippen LogP) is 3.86. The van der Waals surface area contributed by atoms with E-state index in [9.17, 15) is 18.0 Å². The number of hydrogen-bond acceptors (Lipinski definition) is 3. The van der Waals surface area contributed by atoms with Gasteiger partial charge in [-0.15, -0.1) is 0 Å². The van der Waals surface area contributed by atoms with Crippen molar-refractivity contribution in [2.45, 2.75) is 6.18 Å². The minimum absolute atomic E-state index is 0.233. The van der Waals surface area contributed by atoms with E-state index in [1.807, 2.05) is 0 Å². The van der Waals surface area contributed by atoms with Crippen LogP contribution in [0.3, 0.4) is 0 Å². The van der Waals surface area contributed by atoms with E-state index in [2.05, 4.69) is 0 Å². The lowest BCUT2D eigenvalue weighted by molar-refractivity contribution is -0.133. The average Bonchev–Trinajstić information content (AvgIpc) is 2.61. The smallest absolute Gasteiger partial charge is 0.276 e. The fraction of sp³-hybridized carbons (Fsp3) is 0.100. The van der Waals surface area contributed by atoms with Crippen molar-refractivity contribution >= 4 is 20.7 Å². The van der Waals surface area contributed by atoms with Crippen LogP contribution in [0, 0.1) is 0 Å². The van der Waals surface area contributed by atoms with Gasteiger partial charge in [-0.3, -0.25) is 4.79 Å². The molecule has 1 aromatic heterocycles. The standard InChI is InChI=1S/C10H5F3OS2/c11-10(12,13)8-7(9(14)16-15-8)6-4-2-1-3-5-6/h1-5H. The highest BCUT2D eigenvalue weighted by molar-refractivity contribution is 7.68. The maximum absolute atomic E-state index is 12.6. The maximum atomic E-state index is 12.6. The molecule has 0 bridgehead atoms. The van der Waals surface area contributed by atoms with Crippen molar-refractivity contribution in [1.82, 2.24) is 0 Å². The van der Waals surface area contributed by atoms with E-state index in [0.29, 0.717) is 26.2 Å². The van der Waals surface area contributed by atoms with Gasteiger partial charge in [0.1, 0.15) is 4.88 Å². The van der Waals surface area contributed by atoms with E-state index in [4.69, 9.17) is 0 Å². The van der Waals surface area contributed by atoms with Gasteiger partial charge in [-0.1, -0.05) is 40.7 Å². The summed E-state index contributed by atoms with van der Waals surface area (Å²) < 4.78 is 37.3. The summed E-state index contributed by atoms with van der Waals surface area (Å²) in [7, 11) is 1.10. The molecule has 1 heterocycles. The first kappa shape index (κ1) is 11.3. The van der Waals surface area contributed by atoms with Crippen LogP contribution in [0.1, 0.15) is 4.88 Å². The molecule has 0 saturated carbocycles. The Morgan fingerprint density at radius 2 is 1.62 bits per heavy atom. The van der Waals surface area contributed by atoms with Crippen molar-refractivity contribution in [3.05, 3.63) is 44.7 Å². The molecule has 84 valence electrons. The number of halogens is 3. The molecule has 0 spiro atoms. The van der Waals surface area contributed by atoms with E-state index in [1.165, 1.54) is 12.1 Å². The molecule has 2 rings (SSSR count). The fourth-order valence-electron chi connectivity index (χ4n) is 1.30. The first-order valence-electron chi connectivity index (χ1n) is 4.26. The van der Waals surface area contributed by atoms with Gasteiger partial charge in [0.05, 0.1) is 5.56 Å². The molecule has 1 nitrogen and oxygen atoms in total. The Morgan fingerprint density at radius 3 is 2.19 bits per heavy atom. The van der Waals surface area contributed by atoms with E-state index >= 15 is 0 Å². The Labute approximate surface area is 96.2 Å². The molecular weight excluding hydrogens is 257 g/mol. The summed E-state index contributed by atoms with van der Waals surface area (Å²) in [4.78, 5) is 10.6. The van der Waals surface area contributed by atoms with Gasteiger partial charge in [-0.25, -0.2) is 0 Å². The van der Waals surface area contributed by atoms with Crippen LogP contribution in [0.25, 0.3) is 11.1 Å². The third-order valence-corrected chi connectivity index (χ3v) is 4.20. The molecule has 0 aliphatic rings. The molecule has 0 fully saturated rings. The maximum Gasteiger partial charge on any atom is 0.427 e. The Bertz CT molecular complexity index is 539. The van der Waals surface area contributed by atoms with Gasteiger partial charge in [0, 0.05) is 0 Å². The van der Waals surface area contributed by atoms with Crippen LogP contribution in [-0.2, 0) is 6.18 Å². The molecule has 16 heavy (non-hydrogen) atoms. The van der Waals surface area contributed by atoms with E-state index in [1.54, 1.807) is 18.2 Å². The molecule has 0 unspecified atom stereocenters. The normalized spacial score (nSPS) is 11.7. The summed E-state index contributed by atoms with van der Waals surface area (Å²) in [5.74, 6) is 0. The first-order valence-corrected chi connectivity index (χ1v) is 6.41. The van der Waals surface area contributed by atoms with Crippen molar-refractivity contribution in [3.8, 4) is 11.1 Å². The van der Waals surface area contributed by atoms with Crippen LogP contribution in [0.2, 0.25) is 0 Å². The van der Waals surface area contributed by atoms with Gasteiger partial charge in [0.2, 0.25) is 0 Å².